The Morgan fingerprint density at radius 2 is 2.24 bits per heavy atom. The number of nitriles is 1. The van der Waals surface area contributed by atoms with Gasteiger partial charge < -0.3 is 10.4 Å². The summed E-state index contributed by atoms with van der Waals surface area (Å²) in [5.74, 6) is -0.586. The van der Waals surface area contributed by atoms with Crippen LogP contribution in [-0.2, 0) is 4.79 Å². The third-order valence-corrected chi connectivity index (χ3v) is 2.60. The molecule has 0 saturated heterocycles. The van der Waals surface area contributed by atoms with Crippen LogP contribution in [0, 0.1) is 23.2 Å². The molecule has 2 N–H and O–H groups in total. The zero-order valence-corrected chi connectivity index (χ0v) is 9.97. The van der Waals surface area contributed by atoms with E-state index >= 15 is 0 Å². The lowest BCUT2D eigenvalue weighted by Gasteiger charge is -2.17. The number of rotatable bonds is 4. The molecular formula is C13H16N2O2. The van der Waals surface area contributed by atoms with Crippen LogP contribution in [0.1, 0.15) is 19.4 Å². The van der Waals surface area contributed by atoms with Gasteiger partial charge in [-0.3, -0.25) is 4.79 Å². The van der Waals surface area contributed by atoms with E-state index in [4.69, 9.17) is 10.4 Å². The number of hydrogen-bond donors (Lipinski definition) is 2. The fourth-order valence-electron chi connectivity index (χ4n) is 1.50. The van der Waals surface area contributed by atoms with Gasteiger partial charge in [0, 0.05) is 5.69 Å². The summed E-state index contributed by atoms with van der Waals surface area (Å²) in [7, 11) is 0. The second-order valence-electron chi connectivity index (χ2n) is 4.21. The Kier molecular flexibility index (Phi) is 4.68. The van der Waals surface area contributed by atoms with E-state index in [2.05, 4.69) is 5.32 Å². The smallest absolute Gasteiger partial charge is 0.230 e. The van der Waals surface area contributed by atoms with E-state index in [-0.39, 0.29) is 18.4 Å². The van der Waals surface area contributed by atoms with Crippen molar-refractivity contribution in [2.75, 3.05) is 11.9 Å². The van der Waals surface area contributed by atoms with Crippen LogP contribution in [0.3, 0.4) is 0 Å². The Morgan fingerprint density at radius 1 is 1.53 bits per heavy atom. The molecule has 1 unspecified atom stereocenters. The SMILES string of the molecule is CC(C)C(CO)C(=O)Nc1cccc(C#N)c1. The summed E-state index contributed by atoms with van der Waals surface area (Å²) in [5, 5.41) is 20.6. The number of carbonyl (C=O) groups excluding carboxylic acids is 1. The van der Waals surface area contributed by atoms with Gasteiger partial charge in [0.1, 0.15) is 0 Å². The maximum atomic E-state index is 11.8. The van der Waals surface area contributed by atoms with Crippen LogP contribution >= 0.6 is 0 Å². The van der Waals surface area contributed by atoms with Crippen LogP contribution in [-0.4, -0.2) is 17.6 Å². The fourth-order valence-corrected chi connectivity index (χ4v) is 1.50. The van der Waals surface area contributed by atoms with Gasteiger partial charge in [-0.1, -0.05) is 19.9 Å². The number of nitrogens with one attached hydrogen (secondary N) is 1. The van der Waals surface area contributed by atoms with Crippen molar-refractivity contribution in [1.82, 2.24) is 0 Å². The Morgan fingerprint density at radius 3 is 2.76 bits per heavy atom. The molecule has 0 saturated carbocycles. The first kappa shape index (κ1) is 13.2. The van der Waals surface area contributed by atoms with Crippen LogP contribution in [0.25, 0.3) is 0 Å². The number of carbonyl (C=O) groups is 1. The van der Waals surface area contributed by atoms with E-state index < -0.39 is 5.92 Å². The summed E-state index contributed by atoms with van der Waals surface area (Å²) >= 11 is 0. The topological polar surface area (TPSA) is 73.1 Å². The first-order valence-electron chi connectivity index (χ1n) is 5.50. The highest BCUT2D eigenvalue weighted by atomic mass is 16.3. The predicted molar refractivity (Wildman–Crippen MR) is 65.2 cm³/mol. The molecule has 0 fully saturated rings. The number of benzene rings is 1. The lowest BCUT2D eigenvalue weighted by molar-refractivity contribution is -0.122. The predicted octanol–water partition coefficient (Wildman–Crippen LogP) is 1.76. The molecule has 17 heavy (non-hydrogen) atoms. The maximum absolute atomic E-state index is 11.8. The van der Waals surface area contributed by atoms with Gasteiger partial charge in [-0.05, 0) is 24.1 Å². The van der Waals surface area contributed by atoms with Crippen LogP contribution in [0.2, 0.25) is 0 Å². The number of aliphatic hydroxyl groups excluding tert-OH is 1. The molecule has 0 spiro atoms. The molecule has 0 aliphatic rings. The van der Waals surface area contributed by atoms with E-state index in [0.29, 0.717) is 11.3 Å². The van der Waals surface area contributed by atoms with Crippen LogP contribution < -0.4 is 5.32 Å². The average Bonchev–Trinajstić information content (AvgIpc) is 2.29. The Bertz CT molecular complexity index is 435. The minimum atomic E-state index is -0.430. The zero-order chi connectivity index (χ0) is 12.8. The van der Waals surface area contributed by atoms with Gasteiger partial charge in [0.15, 0.2) is 0 Å². The minimum Gasteiger partial charge on any atom is -0.396 e. The second kappa shape index (κ2) is 6.02. The summed E-state index contributed by atoms with van der Waals surface area (Å²) < 4.78 is 0. The third-order valence-electron chi connectivity index (χ3n) is 2.60. The lowest BCUT2D eigenvalue weighted by Crippen LogP contribution is -2.29. The molecule has 1 amide bonds. The largest absolute Gasteiger partial charge is 0.396 e. The number of aliphatic hydroxyl groups is 1. The highest BCUT2D eigenvalue weighted by Gasteiger charge is 2.21. The third kappa shape index (κ3) is 3.58. The lowest BCUT2D eigenvalue weighted by atomic mass is 9.96. The van der Waals surface area contributed by atoms with Gasteiger partial charge in [-0.2, -0.15) is 5.26 Å². The van der Waals surface area contributed by atoms with Gasteiger partial charge in [0.05, 0.1) is 24.2 Å². The molecule has 1 aromatic rings. The minimum absolute atomic E-state index is 0.0687. The van der Waals surface area contributed by atoms with Gasteiger partial charge in [0.2, 0.25) is 5.91 Å². The number of hydrogen-bond acceptors (Lipinski definition) is 3. The average molecular weight is 232 g/mol. The van der Waals surface area contributed by atoms with Gasteiger partial charge in [0.25, 0.3) is 0 Å². The molecule has 0 bridgehead atoms. The normalized spacial score (nSPS) is 11.9. The van der Waals surface area contributed by atoms with Crippen molar-refractivity contribution in [1.29, 1.82) is 5.26 Å². The highest BCUT2D eigenvalue weighted by Crippen LogP contribution is 2.15. The van der Waals surface area contributed by atoms with Gasteiger partial charge in [-0.25, -0.2) is 0 Å². The summed E-state index contributed by atoms with van der Waals surface area (Å²) in [4.78, 5) is 11.8. The van der Waals surface area contributed by atoms with Crippen LogP contribution in [0.5, 0.6) is 0 Å². The molecular weight excluding hydrogens is 216 g/mol. The van der Waals surface area contributed by atoms with E-state index in [1.165, 1.54) is 0 Å². The first-order valence-corrected chi connectivity index (χ1v) is 5.50. The van der Waals surface area contributed by atoms with E-state index in [9.17, 15) is 4.79 Å². The molecule has 0 aromatic heterocycles. The highest BCUT2D eigenvalue weighted by molar-refractivity contribution is 5.92. The van der Waals surface area contributed by atoms with Crippen LogP contribution in [0.15, 0.2) is 24.3 Å². The van der Waals surface area contributed by atoms with Crippen molar-refractivity contribution >= 4 is 11.6 Å². The molecule has 1 atom stereocenters. The van der Waals surface area contributed by atoms with Crippen molar-refractivity contribution in [3.63, 3.8) is 0 Å². The second-order valence-corrected chi connectivity index (χ2v) is 4.21. The maximum Gasteiger partial charge on any atom is 0.230 e. The molecule has 0 heterocycles. The van der Waals surface area contributed by atoms with Crippen molar-refractivity contribution < 1.29 is 9.90 Å². The van der Waals surface area contributed by atoms with E-state index in [0.717, 1.165) is 0 Å². The number of nitrogens with zero attached hydrogens (tertiary/aromatic N) is 1. The van der Waals surface area contributed by atoms with Crippen molar-refractivity contribution in [2.45, 2.75) is 13.8 Å². The molecule has 0 aliphatic heterocycles. The van der Waals surface area contributed by atoms with Gasteiger partial charge in [-0.15, -0.1) is 0 Å². The Labute approximate surface area is 101 Å². The van der Waals surface area contributed by atoms with Crippen LogP contribution in [0.4, 0.5) is 5.69 Å². The fraction of sp³-hybridized carbons (Fsp3) is 0.385. The van der Waals surface area contributed by atoms with Gasteiger partial charge >= 0.3 is 0 Å². The van der Waals surface area contributed by atoms with Crippen molar-refractivity contribution in [3.8, 4) is 6.07 Å². The number of amides is 1. The summed E-state index contributed by atoms with van der Waals surface area (Å²) in [6, 6.07) is 8.70. The Hall–Kier alpha value is -1.86. The molecule has 4 nitrogen and oxygen atoms in total. The quantitative estimate of drug-likeness (QED) is 0.830. The van der Waals surface area contributed by atoms with E-state index in [1.54, 1.807) is 24.3 Å². The zero-order valence-electron chi connectivity index (χ0n) is 9.97. The first-order chi connectivity index (χ1) is 8.08. The monoisotopic (exact) mass is 232 g/mol. The molecule has 4 heteroatoms. The molecule has 0 aliphatic carbocycles. The standard InChI is InChI=1S/C13H16N2O2/c1-9(2)12(8-16)13(17)15-11-5-3-4-10(6-11)7-14/h3-6,9,12,16H,8H2,1-2H3,(H,15,17). The molecule has 1 rings (SSSR count). The number of anilines is 1. The molecule has 1 aromatic carbocycles. The van der Waals surface area contributed by atoms with Crippen molar-refractivity contribution in [3.05, 3.63) is 29.8 Å². The summed E-state index contributed by atoms with van der Waals surface area (Å²) in [6.45, 7) is 3.58. The summed E-state index contributed by atoms with van der Waals surface area (Å²) in [6.07, 6.45) is 0. The molecule has 90 valence electrons. The Balaban J connectivity index is 2.77. The van der Waals surface area contributed by atoms with Crippen molar-refractivity contribution in [2.24, 2.45) is 11.8 Å². The van der Waals surface area contributed by atoms with E-state index in [1.807, 2.05) is 19.9 Å². The molecule has 0 radical (unpaired) electrons. The summed E-state index contributed by atoms with van der Waals surface area (Å²) in [5.41, 5.74) is 1.07.